The van der Waals surface area contributed by atoms with Crippen molar-refractivity contribution in [2.75, 3.05) is 80.7 Å². The van der Waals surface area contributed by atoms with E-state index in [0.717, 1.165) is 33.8 Å². The summed E-state index contributed by atoms with van der Waals surface area (Å²) in [6, 6.07) is 17.1. The van der Waals surface area contributed by atoms with Gasteiger partial charge in [0, 0.05) is 90.4 Å². The van der Waals surface area contributed by atoms with Crippen molar-refractivity contribution in [1.29, 1.82) is 0 Å². The van der Waals surface area contributed by atoms with Crippen molar-refractivity contribution >= 4 is 47.8 Å². The van der Waals surface area contributed by atoms with Crippen LogP contribution in [-0.2, 0) is 69.9 Å². The average molecular weight is 1780 g/mol. The second kappa shape index (κ2) is 51.5. The van der Waals surface area contributed by atoms with Crippen LogP contribution in [0, 0.1) is 59.2 Å². The van der Waals surface area contributed by atoms with Crippen LogP contribution in [0.15, 0.2) is 96.2 Å². The highest BCUT2D eigenvalue weighted by molar-refractivity contribution is 6.08. The summed E-state index contributed by atoms with van der Waals surface area (Å²) in [4.78, 5) is 123. The van der Waals surface area contributed by atoms with Gasteiger partial charge in [0.1, 0.15) is 24.8 Å². The monoisotopic (exact) mass is 1780 g/mol. The Kier molecular flexibility index (Phi) is 43.6. The zero-order valence-corrected chi connectivity index (χ0v) is 79.2. The molecule has 8 rings (SSSR count). The van der Waals surface area contributed by atoms with Gasteiger partial charge in [-0.15, -0.1) is 13.2 Å². The molecule has 6 aliphatic heterocycles. The Morgan fingerprint density at radius 3 is 1.34 bits per heavy atom. The minimum Gasteiger partial charge on any atom is -0.447 e. The lowest BCUT2D eigenvalue weighted by Crippen LogP contribution is -2.60. The van der Waals surface area contributed by atoms with Gasteiger partial charge in [-0.2, -0.15) is 0 Å². The fraction of sp³-hybridized carbons (Fsp3) is 0.745. The van der Waals surface area contributed by atoms with E-state index in [0.29, 0.717) is 110 Å². The molecule has 0 spiro atoms. The van der Waals surface area contributed by atoms with Crippen LogP contribution in [0.1, 0.15) is 199 Å². The number of carbonyl (C=O) groups is 8. The van der Waals surface area contributed by atoms with E-state index in [-0.39, 0.29) is 109 Å². The van der Waals surface area contributed by atoms with Crippen LogP contribution in [0.4, 0.5) is 19.2 Å². The summed E-state index contributed by atoms with van der Waals surface area (Å²) in [5.41, 5.74) is 22.7. The number of hydrogen-bond donors (Lipinski definition) is 5. The third-order valence-electron chi connectivity index (χ3n) is 26.7. The summed E-state index contributed by atoms with van der Waals surface area (Å²) >= 11 is 0. The largest absolute Gasteiger partial charge is 0.447 e. The smallest absolute Gasteiger partial charge is 0.417 e. The highest BCUT2D eigenvalue weighted by Crippen LogP contribution is 2.42. The number of carbonyl (C=O) groups excluding carboxylic acids is 8. The van der Waals surface area contributed by atoms with E-state index in [1.807, 2.05) is 143 Å². The van der Waals surface area contributed by atoms with Crippen molar-refractivity contribution in [2.24, 2.45) is 75.1 Å². The second-order valence-electron chi connectivity index (χ2n) is 37.2. The molecule has 0 aliphatic carbocycles. The summed E-state index contributed by atoms with van der Waals surface area (Å²) in [7, 11) is 8.18. The molecule has 127 heavy (non-hydrogen) atoms. The molecule has 0 radical (unpaired) electrons. The normalized spacial score (nSPS) is 28.0. The molecule has 712 valence electrons. The third kappa shape index (κ3) is 28.7. The molecule has 6 aliphatic rings. The number of aliphatic hydroxyl groups excluding tert-OH is 3. The van der Waals surface area contributed by atoms with Gasteiger partial charge in [0.2, 0.25) is 11.8 Å². The maximum atomic E-state index is 14.6. The van der Waals surface area contributed by atoms with Crippen molar-refractivity contribution < 1.29 is 91.6 Å². The predicted octanol–water partition coefficient (Wildman–Crippen LogP) is 13.6. The summed E-state index contributed by atoms with van der Waals surface area (Å²) < 4.78 is 48.5. The van der Waals surface area contributed by atoms with Gasteiger partial charge >= 0.3 is 24.4 Å². The van der Waals surface area contributed by atoms with Crippen LogP contribution in [0.25, 0.3) is 20.9 Å². The first-order chi connectivity index (χ1) is 60.2. The number of ether oxygens (including phenoxy) is 8. The fourth-order valence-corrected chi connectivity index (χ4v) is 19.6. The number of nitrogens with zero attached hydrogens (tertiary/aromatic N) is 12. The summed E-state index contributed by atoms with van der Waals surface area (Å²) in [6.07, 6.45) is 5.32. The van der Waals surface area contributed by atoms with Crippen molar-refractivity contribution in [3.05, 3.63) is 118 Å². The zero-order chi connectivity index (χ0) is 94.5. The SMILES string of the molecule is C=CC[C@@H](C[C@@H](C)CN[C@H](C)[C@H]1N(CCCCN=[N+]=[N-])C(=O)O[C@]1(C)[C@H](O)CC)[C@H](O[C@@H]1O[C@H](C)CC(N(C)C)[C@H]1C)[C@@H](C)C(=O)C(C)C(=O)N1C(=O)OC[C@H]1Cc1ccccc1.C=CC[C@@H](C[C@@H](C)CO)[C@H](O[C@@H]1O[C@H](C)CC(N(C)C)[C@H]1C)[C@@H](C)C(=O)C(C)C(=O)N1C(=O)OC[C@H]1Cc1ccccc1.CC[C@@H](O)[C@@]1(C)OC(=O)N(CCCCN=[N+]=[N-])[C@@H]1[C@@H](C)N. The molecular weight excluding hydrogens is 1630 g/mol. The number of aliphatic hydroxyl groups is 3. The highest BCUT2D eigenvalue weighted by Gasteiger charge is 2.58. The lowest BCUT2D eigenvalue weighted by Gasteiger charge is -2.45. The molecule has 4 unspecified atom stereocenters. The van der Waals surface area contributed by atoms with E-state index in [9.17, 15) is 53.7 Å². The van der Waals surface area contributed by atoms with Crippen molar-refractivity contribution in [3.8, 4) is 0 Å². The number of nitrogens with one attached hydrogen (secondary N) is 1. The maximum Gasteiger partial charge on any atom is 0.417 e. The Hall–Kier alpha value is -8.14. The number of unbranched alkanes of at least 4 members (excludes halogenated alkanes) is 2. The maximum absolute atomic E-state index is 14.6. The Bertz CT molecular complexity index is 3940. The van der Waals surface area contributed by atoms with E-state index in [1.165, 1.54) is 0 Å². The van der Waals surface area contributed by atoms with Crippen LogP contribution in [0.2, 0.25) is 0 Å². The second-order valence-corrected chi connectivity index (χ2v) is 37.2. The topological polar surface area (TPSA) is 426 Å². The average Bonchev–Trinajstić information content (AvgIpc) is 1.61. The Labute approximate surface area is 753 Å². The molecule has 33 heteroatoms. The summed E-state index contributed by atoms with van der Waals surface area (Å²) in [6.45, 7) is 40.3. The molecule has 6 heterocycles. The Morgan fingerprint density at radius 2 is 0.984 bits per heavy atom. The molecule has 0 saturated carbocycles. The van der Waals surface area contributed by atoms with Crippen LogP contribution in [0.3, 0.4) is 0 Å². The van der Waals surface area contributed by atoms with Gasteiger partial charge in [-0.1, -0.05) is 138 Å². The lowest BCUT2D eigenvalue weighted by molar-refractivity contribution is -0.260. The van der Waals surface area contributed by atoms with Gasteiger partial charge in [-0.25, -0.2) is 29.0 Å². The predicted molar refractivity (Wildman–Crippen MR) is 484 cm³/mol. The van der Waals surface area contributed by atoms with Gasteiger partial charge in [-0.05, 0) is 226 Å². The molecule has 2 aromatic rings. The summed E-state index contributed by atoms with van der Waals surface area (Å²) in [5, 5.41) is 41.9. The molecule has 6 fully saturated rings. The number of imide groups is 2. The number of azide groups is 2. The molecule has 6 N–H and O–H groups in total. The van der Waals surface area contributed by atoms with E-state index < -0.39 is 126 Å². The van der Waals surface area contributed by atoms with Gasteiger partial charge in [0.25, 0.3) is 0 Å². The quantitative estimate of drug-likeness (QED) is 0.00781. The molecule has 6 amide bonds. The number of allylic oxidation sites excluding steroid dienone is 2. The van der Waals surface area contributed by atoms with Crippen LogP contribution < -0.4 is 11.1 Å². The van der Waals surface area contributed by atoms with Crippen molar-refractivity contribution in [2.45, 2.75) is 309 Å². The first-order valence-electron chi connectivity index (χ1n) is 45.9. The molecule has 0 bridgehead atoms. The number of ketones is 2. The number of amides is 6. The number of Topliss-reactive ketones (excluding diaryl/α,β-unsaturated/α-hetero) is 2. The van der Waals surface area contributed by atoms with Gasteiger partial charge in [-0.3, -0.25) is 29.0 Å². The first-order valence-corrected chi connectivity index (χ1v) is 45.9. The summed E-state index contributed by atoms with van der Waals surface area (Å²) in [5.74, 6) is -5.84. The number of nitrogens with two attached hydrogens (primary N) is 1. The molecule has 28 atom stereocenters. The minimum atomic E-state index is -1.16. The van der Waals surface area contributed by atoms with Crippen LogP contribution in [-0.4, -0.2) is 282 Å². The fourth-order valence-electron chi connectivity index (χ4n) is 19.6. The lowest BCUT2D eigenvalue weighted by atomic mass is 9.79. The Balaban J connectivity index is 0.000000333. The molecular formula is C94H152N14O19. The van der Waals surface area contributed by atoms with Crippen LogP contribution in [0.5, 0.6) is 0 Å². The molecule has 0 aromatic heterocycles. The van der Waals surface area contributed by atoms with E-state index in [4.69, 9.17) is 54.7 Å². The van der Waals surface area contributed by atoms with Crippen molar-refractivity contribution in [3.63, 3.8) is 0 Å². The van der Waals surface area contributed by atoms with Gasteiger partial charge in [0.15, 0.2) is 23.8 Å². The number of hydrogen-bond acceptors (Lipinski definition) is 25. The zero-order valence-electron chi connectivity index (χ0n) is 79.2. The minimum absolute atomic E-state index is 0.00746. The Morgan fingerprint density at radius 1 is 0.606 bits per heavy atom. The highest BCUT2D eigenvalue weighted by atomic mass is 16.7. The number of cyclic esters (lactones) is 4. The third-order valence-corrected chi connectivity index (χ3v) is 26.7. The number of benzene rings is 2. The van der Waals surface area contributed by atoms with E-state index >= 15 is 0 Å². The molecule has 6 saturated heterocycles. The van der Waals surface area contributed by atoms with Crippen molar-refractivity contribution in [1.82, 2.24) is 34.7 Å². The molecule has 2 aromatic carbocycles. The molecule has 33 nitrogen and oxygen atoms in total. The van der Waals surface area contributed by atoms with Gasteiger partial charge < -0.3 is 74.1 Å². The first kappa shape index (κ1) is 108. The standard InChI is InChI=1S/C47H75N7O9.C34H52N2O7.C13H25N5O3/c1-12-19-36(24-29(3)27-49-34(8)42-47(9,39(55)13-2)63-45(58)53(42)23-18-17-22-50-51-48)41(62-44-31(5)38(52(10)11)25-30(4)61-44)32(6)40(56)33(7)43(57)54-37(28-60-46(54)59)26-35-20-15-14-16-21-35;1-9-13-27(16-21(2)19-37)31(43-33-23(4)29(35(7)8)17-22(3)42-33)24(5)30(38)25(6)32(39)36-28(20-41-34(36)40)18-26-14-11-10-12-15-26;1-4-10(19)13(3)11(9(2)14)18(12(20)21-13)8-6-5-7-16-17-15/h12,14-16,20-21,29-34,36-39,41-42,44,49,55H,1,13,17-19,22-28H2,2-11H3;9-12,14-15,21-25,27-29,31,33,37H,1,13,16-20H2,2-8H3;9-11,19H,4-8,14H2,1-3H3/t29-,30-,31-,32+,33?,34-,36+,37-,38?,39-,41-,42-,44+,47-;21-,22-,23-,24+,25?,27+,28-,29?,31-,33+;9-,10-,11-,13-/m111/s1. The van der Waals surface area contributed by atoms with E-state index in [2.05, 4.69) is 69.1 Å². The van der Waals surface area contributed by atoms with E-state index in [1.54, 1.807) is 58.3 Å². The van der Waals surface area contributed by atoms with Gasteiger partial charge in [0.05, 0.1) is 72.6 Å². The van der Waals surface area contributed by atoms with Crippen LogP contribution >= 0.6 is 0 Å². The number of rotatable bonds is 48.